The van der Waals surface area contributed by atoms with Crippen LogP contribution in [-0.2, 0) is 16.0 Å². The first-order chi connectivity index (χ1) is 17.9. The van der Waals surface area contributed by atoms with Gasteiger partial charge in [-0.15, -0.1) is 0 Å². The van der Waals surface area contributed by atoms with Crippen molar-refractivity contribution in [2.75, 3.05) is 47.2 Å². The van der Waals surface area contributed by atoms with E-state index < -0.39 is 69.5 Å². The van der Waals surface area contributed by atoms with E-state index in [1.165, 1.54) is 30.0 Å². The molecule has 0 aromatic heterocycles. The summed E-state index contributed by atoms with van der Waals surface area (Å²) in [6.07, 6.45) is 0.183. The monoisotopic (exact) mass is 544 g/mol. The summed E-state index contributed by atoms with van der Waals surface area (Å²) in [5, 5.41) is 57.3. The highest BCUT2D eigenvalue weighted by Gasteiger charge is 2.69. The lowest BCUT2D eigenvalue weighted by molar-refractivity contribution is -0.194. The van der Waals surface area contributed by atoms with Crippen molar-refractivity contribution in [1.29, 1.82) is 0 Å². The van der Waals surface area contributed by atoms with Crippen molar-refractivity contribution in [3.8, 4) is 5.75 Å². The molecule has 3 aliphatic carbocycles. The van der Waals surface area contributed by atoms with Gasteiger partial charge in [0.15, 0.2) is 11.4 Å². The van der Waals surface area contributed by atoms with Gasteiger partial charge in [-0.2, -0.15) is 0 Å². The Morgan fingerprint density at radius 3 is 2.13 bits per heavy atom. The number of benzene rings is 1. The maximum atomic E-state index is 14.2. The Bertz CT molecular complexity index is 1360. The van der Waals surface area contributed by atoms with E-state index in [2.05, 4.69) is 0 Å². The van der Waals surface area contributed by atoms with Crippen LogP contribution in [0.3, 0.4) is 0 Å². The van der Waals surface area contributed by atoms with Crippen molar-refractivity contribution >= 4 is 29.0 Å². The van der Waals surface area contributed by atoms with Crippen LogP contribution in [0.1, 0.15) is 34.8 Å². The smallest absolute Gasteiger partial charge is 0.257 e. The van der Waals surface area contributed by atoms with E-state index >= 15 is 0 Å². The van der Waals surface area contributed by atoms with Gasteiger partial charge in [-0.05, 0) is 51.4 Å². The number of carbonyl (C=O) groups excluding carboxylic acids is 3. The SMILES string of the molecule is CN(C)C(=O)c1cc(N(C)C)c2c(c1O)C(O)=C1C(=O)C3(O)C(CC1C2)[C@H](N(C)C)C(O)=C(C(N)=O)C3(C)O. The van der Waals surface area contributed by atoms with Crippen molar-refractivity contribution in [1.82, 2.24) is 9.80 Å². The van der Waals surface area contributed by atoms with E-state index in [1.54, 1.807) is 33.1 Å². The number of aliphatic hydroxyl groups is 4. The fourth-order valence-electron chi connectivity index (χ4n) is 6.67. The number of nitrogens with two attached hydrogens (primary N) is 1. The van der Waals surface area contributed by atoms with Gasteiger partial charge in [0.05, 0.1) is 22.7 Å². The number of phenolic OH excluding ortho intramolecular Hbond substituents is 1. The second-order valence-corrected chi connectivity index (χ2v) is 11.4. The fraction of sp³-hybridized carbons (Fsp3) is 0.519. The van der Waals surface area contributed by atoms with E-state index in [0.717, 1.165) is 6.92 Å². The second-order valence-electron chi connectivity index (χ2n) is 11.4. The fourth-order valence-corrected chi connectivity index (χ4v) is 6.67. The summed E-state index contributed by atoms with van der Waals surface area (Å²) in [7, 11) is 9.69. The van der Waals surface area contributed by atoms with E-state index in [0.29, 0.717) is 11.3 Å². The van der Waals surface area contributed by atoms with Crippen molar-refractivity contribution in [3.05, 3.63) is 39.7 Å². The number of aromatic hydroxyl groups is 1. The van der Waals surface area contributed by atoms with E-state index in [4.69, 9.17) is 5.73 Å². The molecular formula is C27H36N4O8. The number of amides is 2. The number of anilines is 1. The number of fused-ring (bicyclic) bond motifs is 3. The molecular weight excluding hydrogens is 508 g/mol. The Hall–Kier alpha value is -3.61. The minimum Gasteiger partial charge on any atom is -0.510 e. The minimum absolute atomic E-state index is 0.0299. The number of hydrogen-bond donors (Lipinski definition) is 6. The molecule has 0 spiro atoms. The molecule has 0 radical (unpaired) electrons. The van der Waals surface area contributed by atoms with Gasteiger partial charge in [-0.3, -0.25) is 19.3 Å². The average molecular weight is 545 g/mol. The van der Waals surface area contributed by atoms with Crippen molar-refractivity contribution < 1.29 is 39.9 Å². The largest absolute Gasteiger partial charge is 0.510 e. The highest BCUT2D eigenvalue weighted by atomic mass is 16.4. The summed E-state index contributed by atoms with van der Waals surface area (Å²) in [5.41, 5.74) is 0.139. The molecule has 4 rings (SSSR count). The molecule has 12 heteroatoms. The van der Waals surface area contributed by atoms with Crippen LogP contribution in [-0.4, -0.2) is 112 Å². The zero-order valence-corrected chi connectivity index (χ0v) is 23.1. The van der Waals surface area contributed by atoms with Crippen molar-refractivity contribution in [2.45, 2.75) is 37.0 Å². The Balaban J connectivity index is 2.03. The molecule has 1 aromatic carbocycles. The van der Waals surface area contributed by atoms with E-state index in [9.17, 15) is 39.9 Å². The number of nitrogens with zero attached hydrogens (tertiary/aromatic N) is 3. The maximum Gasteiger partial charge on any atom is 0.257 e. The number of ketones is 1. The number of primary amides is 1. The molecule has 0 aliphatic heterocycles. The topological polar surface area (TPSA) is 188 Å². The molecule has 4 unspecified atom stereocenters. The number of aliphatic hydroxyl groups excluding tert-OH is 2. The van der Waals surface area contributed by atoms with Crippen molar-refractivity contribution in [3.63, 3.8) is 0 Å². The van der Waals surface area contributed by atoms with Crippen LogP contribution in [0.15, 0.2) is 23.0 Å². The number of phenols is 1. The Morgan fingerprint density at radius 1 is 1.05 bits per heavy atom. The van der Waals surface area contributed by atoms with Crippen LogP contribution < -0.4 is 10.6 Å². The molecule has 1 aromatic rings. The molecule has 3 aliphatic rings. The summed E-state index contributed by atoms with van der Waals surface area (Å²) < 4.78 is 0. The normalized spacial score (nSPS) is 30.1. The van der Waals surface area contributed by atoms with Crippen LogP contribution in [0.25, 0.3) is 5.76 Å². The number of hydrogen-bond acceptors (Lipinski definition) is 10. The summed E-state index contributed by atoms with van der Waals surface area (Å²) in [4.78, 5) is 43.9. The van der Waals surface area contributed by atoms with Crippen LogP contribution in [0.2, 0.25) is 0 Å². The van der Waals surface area contributed by atoms with Gasteiger partial charge in [0.2, 0.25) is 0 Å². The van der Waals surface area contributed by atoms with Gasteiger partial charge in [0.1, 0.15) is 22.9 Å². The molecule has 0 saturated heterocycles. The van der Waals surface area contributed by atoms with E-state index in [-0.39, 0.29) is 29.5 Å². The number of rotatable bonds is 4. The number of Topliss-reactive ketones (excluding diaryl/α,β-unsaturated/α-hetero) is 1. The Kier molecular flexibility index (Phi) is 6.53. The Labute approximate surface area is 226 Å². The van der Waals surface area contributed by atoms with Gasteiger partial charge in [0.25, 0.3) is 11.8 Å². The quantitative estimate of drug-likeness (QED) is 0.299. The second kappa shape index (κ2) is 8.97. The summed E-state index contributed by atoms with van der Waals surface area (Å²) in [6, 6.07) is 0.478. The molecule has 12 nitrogen and oxygen atoms in total. The van der Waals surface area contributed by atoms with Gasteiger partial charge < -0.3 is 41.1 Å². The first-order valence-corrected chi connectivity index (χ1v) is 12.5. The lowest BCUT2D eigenvalue weighted by Gasteiger charge is -2.56. The summed E-state index contributed by atoms with van der Waals surface area (Å²) in [5.74, 6) is -6.23. The zero-order valence-electron chi connectivity index (χ0n) is 23.1. The first-order valence-electron chi connectivity index (χ1n) is 12.5. The molecule has 2 amide bonds. The molecule has 0 bridgehead atoms. The van der Waals surface area contributed by atoms with E-state index in [1.807, 2.05) is 0 Å². The number of carbonyl (C=O) groups is 3. The van der Waals surface area contributed by atoms with Crippen LogP contribution in [0, 0.1) is 11.8 Å². The first kappa shape index (κ1) is 28.4. The van der Waals surface area contributed by atoms with Gasteiger partial charge >= 0.3 is 0 Å². The summed E-state index contributed by atoms with van der Waals surface area (Å²) >= 11 is 0. The lowest BCUT2D eigenvalue weighted by atomic mass is 9.52. The summed E-state index contributed by atoms with van der Waals surface area (Å²) in [6.45, 7) is 1.03. The molecule has 39 heavy (non-hydrogen) atoms. The predicted octanol–water partition coefficient (Wildman–Crippen LogP) is -0.0863. The third-order valence-corrected chi connectivity index (χ3v) is 8.47. The minimum atomic E-state index is -2.66. The highest BCUT2D eigenvalue weighted by molar-refractivity contribution is 6.12. The maximum absolute atomic E-state index is 14.2. The van der Waals surface area contributed by atoms with Crippen LogP contribution in [0.5, 0.6) is 5.75 Å². The molecule has 1 saturated carbocycles. The highest BCUT2D eigenvalue weighted by Crippen LogP contribution is 2.57. The molecule has 212 valence electrons. The lowest BCUT2D eigenvalue weighted by Crippen LogP contribution is -2.73. The third kappa shape index (κ3) is 3.65. The molecule has 0 heterocycles. The molecule has 7 N–H and O–H groups in total. The molecule has 5 atom stereocenters. The standard InChI is InChI=1S/C27H36N4O8/c1-26(38)18(24(28)36)22(34)19(30(4)5)14-9-11-8-12-15(29(2)3)10-13(25(37)31(6)7)20(32)17(12)21(33)16(11)23(35)27(14,26)39/h10-11,14,19,32-34,38-39H,8-9H2,1-7H3,(H2,28,36)/t11?,14?,19-,26?,27?/m0/s1. The van der Waals surface area contributed by atoms with Gasteiger partial charge in [0, 0.05) is 45.4 Å². The van der Waals surface area contributed by atoms with Gasteiger partial charge in [-0.25, -0.2) is 0 Å². The molecule has 1 fully saturated rings. The third-order valence-electron chi connectivity index (χ3n) is 8.47. The predicted molar refractivity (Wildman–Crippen MR) is 142 cm³/mol. The average Bonchev–Trinajstić information content (AvgIpc) is 2.80. The van der Waals surface area contributed by atoms with Crippen LogP contribution in [0.4, 0.5) is 5.69 Å². The van der Waals surface area contributed by atoms with Crippen molar-refractivity contribution in [2.24, 2.45) is 17.6 Å². The Morgan fingerprint density at radius 2 is 1.64 bits per heavy atom. The number of likely N-dealkylation sites (N-methyl/N-ethyl adjacent to an activating group) is 1. The zero-order chi connectivity index (χ0) is 29.5. The van der Waals surface area contributed by atoms with Gasteiger partial charge in [-0.1, -0.05) is 0 Å². The van der Waals surface area contributed by atoms with Crippen LogP contribution >= 0.6 is 0 Å².